The molecule has 1 saturated heterocycles. The maximum atomic E-state index is 12.1. The number of pyridine rings is 1. The molecule has 1 fully saturated rings. The molecular formula is C15H15N3O3S. The van der Waals surface area contributed by atoms with Crippen LogP contribution in [-0.2, 0) is 16.4 Å². The monoisotopic (exact) mass is 317 g/mol. The van der Waals surface area contributed by atoms with Gasteiger partial charge in [0.05, 0.1) is 17.3 Å². The Labute approximate surface area is 127 Å². The smallest absolute Gasteiger partial charge is 0.178 e. The molecule has 0 saturated carbocycles. The number of sulfone groups is 1. The highest BCUT2D eigenvalue weighted by Gasteiger charge is 2.33. The first kappa shape index (κ1) is 13.5. The lowest BCUT2D eigenvalue weighted by molar-refractivity contribution is 0.554. The molecule has 22 heavy (non-hydrogen) atoms. The molecule has 114 valence electrons. The van der Waals surface area contributed by atoms with Crippen LogP contribution in [0.1, 0.15) is 12.8 Å². The van der Waals surface area contributed by atoms with E-state index in [2.05, 4.69) is 9.97 Å². The topological polar surface area (TPSA) is 78.0 Å². The van der Waals surface area contributed by atoms with Crippen molar-refractivity contribution in [3.05, 3.63) is 36.7 Å². The molecule has 0 spiro atoms. The highest BCUT2D eigenvalue weighted by Crippen LogP contribution is 2.28. The predicted octanol–water partition coefficient (Wildman–Crippen LogP) is 2.27. The Balaban J connectivity index is 1.86. The third-order valence-electron chi connectivity index (χ3n) is 4.09. The summed E-state index contributed by atoms with van der Waals surface area (Å²) >= 11 is 0. The minimum absolute atomic E-state index is 0.272. The maximum absolute atomic E-state index is 12.1. The lowest BCUT2D eigenvalue weighted by Crippen LogP contribution is -2.22. The summed E-state index contributed by atoms with van der Waals surface area (Å²) in [6.07, 6.45) is 4.68. The number of nitrogens with zero attached hydrogens (tertiary/aromatic N) is 3. The molecule has 7 heteroatoms. The molecule has 0 radical (unpaired) electrons. The molecule has 1 aliphatic heterocycles. The van der Waals surface area contributed by atoms with Crippen LogP contribution in [0.5, 0.6) is 0 Å². The van der Waals surface area contributed by atoms with Gasteiger partial charge in [0.25, 0.3) is 0 Å². The number of hydrogen-bond acceptors (Lipinski definition) is 5. The Kier molecular flexibility index (Phi) is 3.04. The Hall–Kier alpha value is -2.15. The van der Waals surface area contributed by atoms with Crippen molar-refractivity contribution in [1.29, 1.82) is 0 Å². The second kappa shape index (κ2) is 4.95. The Morgan fingerprint density at radius 3 is 2.95 bits per heavy atom. The summed E-state index contributed by atoms with van der Waals surface area (Å²) < 4.78 is 31.6. The SMILES string of the molecule is O=S1(=O)CCCC1Cn1c(-c2ccco2)nc2cccnc21. The molecule has 4 heterocycles. The van der Waals surface area contributed by atoms with Crippen molar-refractivity contribution in [3.8, 4) is 11.6 Å². The lowest BCUT2D eigenvalue weighted by Gasteiger charge is -2.12. The van der Waals surface area contributed by atoms with E-state index in [-0.39, 0.29) is 11.0 Å². The molecule has 4 rings (SSSR count). The second-order valence-electron chi connectivity index (χ2n) is 5.50. The average Bonchev–Trinajstić information content (AvgIpc) is 3.19. The van der Waals surface area contributed by atoms with Crippen LogP contribution < -0.4 is 0 Å². The van der Waals surface area contributed by atoms with Gasteiger partial charge in [0, 0.05) is 12.7 Å². The fourth-order valence-electron chi connectivity index (χ4n) is 2.99. The zero-order chi connectivity index (χ0) is 15.2. The first-order valence-electron chi connectivity index (χ1n) is 7.22. The molecule has 3 aromatic rings. The van der Waals surface area contributed by atoms with E-state index in [1.54, 1.807) is 18.5 Å². The first-order chi connectivity index (χ1) is 10.6. The van der Waals surface area contributed by atoms with Gasteiger partial charge in [0.2, 0.25) is 0 Å². The van der Waals surface area contributed by atoms with Gasteiger partial charge in [0.15, 0.2) is 27.1 Å². The van der Waals surface area contributed by atoms with Crippen LogP contribution in [0, 0.1) is 0 Å². The minimum atomic E-state index is -3.02. The standard InChI is InChI=1S/C15H15N3O3S/c19-22(20)9-3-4-11(22)10-18-14-12(5-1-7-16-14)17-15(18)13-6-2-8-21-13/h1-2,5-8,11H,3-4,9-10H2. The van der Waals surface area contributed by atoms with Crippen LogP contribution in [0.3, 0.4) is 0 Å². The van der Waals surface area contributed by atoms with Crippen molar-refractivity contribution in [3.63, 3.8) is 0 Å². The third-order valence-corrected chi connectivity index (χ3v) is 6.35. The molecule has 0 aromatic carbocycles. The van der Waals surface area contributed by atoms with E-state index in [4.69, 9.17) is 4.42 Å². The van der Waals surface area contributed by atoms with E-state index in [0.717, 1.165) is 11.9 Å². The zero-order valence-corrected chi connectivity index (χ0v) is 12.7. The summed E-state index contributed by atoms with van der Waals surface area (Å²) in [6, 6.07) is 7.30. The van der Waals surface area contributed by atoms with Crippen LogP contribution in [0.2, 0.25) is 0 Å². The number of furan rings is 1. The van der Waals surface area contributed by atoms with Gasteiger partial charge in [-0.2, -0.15) is 0 Å². The molecule has 0 N–H and O–H groups in total. The van der Waals surface area contributed by atoms with E-state index in [0.29, 0.717) is 30.2 Å². The summed E-state index contributed by atoms with van der Waals surface area (Å²) in [4.78, 5) is 8.92. The molecule has 0 aliphatic carbocycles. The Bertz CT molecular complexity index is 913. The lowest BCUT2D eigenvalue weighted by atomic mass is 10.2. The van der Waals surface area contributed by atoms with Crippen LogP contribution in [-0.4, -0.2) is 34.0 Å². The Morgan fingerprint density at radius 2 is 2.23 bits per heavy atom. The fraction of sp³-hybridized carbons (Fsp3) is 0.333. The summed E-state index contributed by atoms with van der Waals surface area (Å²) in [5.41, 5.74) is 1.43. The molecule has 1 unspecified atom stereocenters. The molecule has 0 amide bonds. The van der Waals surface area contributed by atoms with Crippen molar-refractivity contribution in [2.75, 3.05) is 5.75 Å². The van der Waals surface area contributed by atoms with Crippen LogP contribution in [0.15, 0.2) is 41.1 Å². The van der Waals surface area contributed by atoms with Gasteiger partial charge in [0.1, 0.15) is 5.52 Å². The first-order valence-corrected chi connectivity index (χ1v) is 8.93. The van der Waals surface area contributed by atoms with E-state index in [1.165, 1.54) is 0 Å². The van der Waals surface area contributed by atoms with Gasteiger partial charge in [-0.3, -0.25) is 0 Å². The molecule has 6 nitrogen and oxygen atoms in total. The maximum Gasteiger partial charge on any atom is 0.178 e. The van der Waals surface area contributed by atoms with Crippen molar-refractivity contribution in [2.24, 2.45) is 0 Å². The minimum Gasteiger partial charge on any atom is -0.461 e. The second-order valence-corrected chi connectivity index (χ2v) is 7.90. The van der Waals surface area contributed by atoms with E-state index < -0.39 is 9.84 Å². The van der Waals surface area contributed by atoms with Crippen LogP contribution in [0.4, 0.5) is 0 Å². The van der Waals surface area contributed by atoms with E-state index >= 15 is 0 Å². The average molecular weight is 317 g/mol. The van der Waals surface area contributed by atoms with Gasteiger partial charge in [-0.25, -0.2) is 18.4 Å². The molecule has 3 aromatic heterocycles. The van der Waals surface area contributed by atoms with Crippen LogP contribution >= 0.6 is 0 Å². The zero-order valence-electron chi connectivity index (χ0n) is 11.8. The third kappa shape index (κ3) is 2.12. The van der Waals surface area contributed by atoms with Gasteiger partial charge in [-0.05, 0) is 37.1 Å². The highest BCUT2D eigenvalue weighted by molar-refractivity contribution is 7.92. The largest absolute Gasteiger partial charge is 0.461 e. The summed E-state index contributed by atoms with van der Waals surface area (Å²) in [5.74, 6) is 1.52. The quantitative estimate of drug-likeness (QED) is 0.740. The Morgan fingerprint density at radius 1 is 1.32 bits per heavy atom. The number of imidazole rings is 1. The van der Waals surface area contributed by atoms with Crippen molar-refractivity contribution in [1.82, 2.24) is 14.5 Å². The van der Waals surface area contributed by atoms with Crippen molar-refractivity contribution in [2.45, 2.75) is 24.6 Å². The van der Waals surface area contributed by atoms with Gasteiger partial charge in [-0.15, -0.1) is 0 Å². The highest BCUT2D eigenvalue weighted by atomic mass is 32.2. The summed E-state index contributed by atoms with van der Waals surface area (Å²) in [7, 11) is -3.02. The summed E-state index contributed by atoms with van der Waals surface area (Å²) in [6.45, 7) is 0.367. The van der Waals surface area contributed by atoms with E-state index in [1.807, 2.05) is 22.8 Å². The normalized spacial score (nSPS) is 20.6. The van der Waals surface area contributed by atoms with Gasteiger partial charge >= 0.3 is 0 Å². The number of fused-ring (bicyclic) bond motifs is 1. The van der Waals surface area contributed by atoms with Gasteiger partial charge in [-0.1, -0.05) is 0 Å². The fourth-order valence-corrected chi connectivity index (χ4v) is 4.80. The van der Waals surface area contributed by atoms with Crippen molar-refractivity contribution >= 4 is 21.0 Å². The predicted molar refractivity (Wildman–Crippen MR) is 82.0 cm³/mol. The molecule has 1 aliphatic rings. The number of rotatable bonds is 3. The molecule has 0 bridgehead atoms. The molecule has 1 atom stereocenters. The van der Waals surface area contributed by atoms with Gasteiger partial charge < -0.3 is 8.98 Å². The number of aromatic nitrogens is 3. The van der Waals surface area contributed by atoms with Crippen LogP contribution in [0.25, 0.3) is 22.7 Å². The van der Waals surface area contributed by atoms with Crippen molar-refractivity contribution < 1.29 is 12.8 Å². The number of hydrogen-bond donors (Lipinski definition) is 0. The summed E-state index contributed by atoms with van der Waals surface area (Å²) in [5, 5.41) is -0.374. The molecular weight excluding hydrogens is 302 g/mol. The van der Waals surface area contributed by atoms with E-state index in [9.17, 15) is 8.42 Å².